The minimum atomic E-state index is 0.0809. The van der Waals surface area contributed by atoms with Crippen LogP contribution in [0, 0.1) is 0 Å². The first-order valence-corrected chi connectivity index (χ1v) is 4.63. The van der Waals surface area contributed by atoms with Crippen LogP contribution < -0.4 is 0 Å². The maximum atomic E-state index is 10.6. The summed E-state index contributed by atoms with van der Waals surface area (Å²) < 4.78 is 0. The van der Waals surface area contributed by atoms with Crippen LogP contribution in [0.3, 0.4) is 0 Å². The third-order valence-electron chi connectivity index (χ3n) is 1.59. The highest BCUT2D eigenvalue weighted by molar-refractivity contribution is 5.93. The zero-order valence-electron chi connectivity index (χ0n) is 8.58. The molecule has 0 amide bonds. The van der Waals surface area contributed by atoms with Crippen molar-refractivity contribution in [3.8, 4) is 0 Å². The van der Waals surface area contributed by atoms with E-state index in [9.17, 15) is 4.79 Å². The zero-order valence-corrected chi connectivity index (χ0v) is 8.58. The summed E-state index contributed by atoms with van der Waals surface area (Å²) in [5.74, 6) is 0.0809. The summed E-state index contributed by atoms with van der Waals surface area (Å²) in [4.78, 5) is 14.4. The molecule has 1 rings (SSSR count). The molecular formula is C11H17NO. The Balaban J connectivity index is 0.000000310. The van der Waals surface area contributed by atoms with Crippen LogP contribution in [0.15, 0.2) is 24.5 Å². The molecule has 0 unspecified atom stereocenters. The van der Waals surface area contributed by atoms with Crippen molar-refractivity contribution >= 4 is 5.78 Å². The molecule has 1 aromatic heterocycles. The smallest absolute Gasteiger partial charge is 0.159 e. The second-order valence-corrected chi connectivity index (χ2v) is 2.79. The molecule has 0 N–H and O–H groups in total. The number of hydrogen-bond acceptors (Lipinski definition) is 2. The third-order valence-corrected chi connectivity index (χ3v) is 1.59. The predicted molar refractivity (Wildman–Crippen MR) is 54.8 cm³/mol. The minimum absolute atomic E-state index is 0.0809. The summed E-state index contributed by atoms with van der Waals surface area (Å²) in [7, 11) is 0. The molecule has 72 valence electrons. The van der Waals surface area contributed by atoms with Gasteiger partial charge in [-0.1, -0.05) is 26.7 Å². The first-order valence-electron chi connectivity index (χ1n) is 4.63. The third kappa shape index (κ3) is 6.02. The van der Waals surface area contributed by atoms with Crippen LogP contribution in [-0.2, 0) is 0 Å². The molecule has 1 aromatic rings. The average molecular weight is 179 g/mol. The van der Waals surface area contributed by atoms with E-state index in [1.54, 1.807) is 24.5 Å². The second-order valence-electron chi connectivity index (χ2n) is 2.79. The Morgan fingerprint density at radius 2 is 1.69 bits per heavy atom. The summed E-state index contributed by atoms with van der Waals surface area (Å²) in [6.07, 6.45) is 5.85. The van der Waals surface area contributed by atoms with Crippen LogP contribution >= 0.6 is 0 Å². The predicted octanol–water partition coefficient (Wildman–Crippen LogP) is 3.09. The van der Waals surface area contributed by atoms with Crippen molar-refractivity contribution in [3.63, 3.8) is 0 Å². The molecule has 0 spiro atoms. The average Bonchev–Trinajstić information content (AvgIpc) is 2.19. The highest BCUT2D eigenvalue weighted by Crippen LogP contribution is 1.95. The van der Waals surface area contributed by atoms with Crippen LogP contribution in [0.25, 0.3) is 0 Å². The number of carbonyl (C=O) groups is 1. The largest absolute Gasteiger partial charge is 0.295 e. The van der Waals surface area contributed by atoms with Crippen molar-refractivity contribution in [2.45, 2.75) is 33.6 Å². The van der Waals surface area contributed by atoms with Gasteiger partial charge in [-0.05, 0) is 19.1 Å². The molecule has 0 atom stereocenters. The highest BCUT2D eigenvalue weighted by Gasteiger charge is 1.93. The number of rotatable bonds is 2. The fraction of sp³-hybridized carbons (Fsp3) is 0.455. The van der Waals surface area contributed by atoms with Gasteiger partial charge in [-0.3, -0.25) is 9.78 Å². The van der Waals surface area contributed by atoms with Gasteiger partial charge >= 0.3 is 0 Å². The quantitative estimate of drug-likeness (QED) is 0.653. The lowest BCUT2D eigenvalue weighted by atomic mass is 10.2. The van der Waals surface area contributed by atoms with E-state index < -0.39 is 0 Å². The lowest BCUT2D eigenvalue weighted by Gasteiger charge is -1.88. The SMILES string of the molecule is CC(=O)c1ccncc1.CCCC. The van der Waals surface area contributed by atoms with E-state index in [-0.39, 0.29) is 5.78 Å². The van der Waals surface area contributed by atoms with Crippen LogP contribution in [-0.4, -0.2) is 10.8 Å². The molecule has 1 heterocycles. The van der Waals surface area contributed by atoms with Gasteiger partial charge in [0.1, 0.15) is 0 Å². The number of aromatic nitrogens is 1. The normalized spacial score (nSPS) is 8.54. The number of nitrogens with zero attached hydrogens (tertiary/aromatic N) is 1. The fourth-order valence-corrected chi connectivity index (χ4v) is 0.587. The molecule has 0 fully saturated rings. The van der Waals surface area contributed by atoms with Gasteiger partial charge in [-0.15, -0.1) is 0 Å². The lowest BCUT2D eigenvalue weighted by Crippen LogP contribution is -1.89. The molecule has 13 heavy (non-hydrogen) atoms. The van der Waals surface area contributed by atoms with Gasteiger partial charge in [0.05, 0.1) is 0 Å². The van der Waals surface area contributed by atoms with Gasteiger partial charge in [0.15, 0.2) is 5.78 Å². The number of Topliss-reactive ketones (excluding diaryl/α,β-unsaturated/α-hetero) is 1. The fourth-order valence-electron chi connectivity index (χ4n) is 0.587. The van der Waals surface area contributed by atoms with Gasteiger partial charge in [-0.25, -0.2) is 0 Å². The van der Waals surface area contributed by atoms with Crippen molar-refractivity contribution in [1.82, 2.24) is 4.98 Å². The van der Waals surface area contributed by atoms with E-state index in [0.717, 1.165) is 0 Å². The van der Waals surface area contributed by atoms with Gasteiger partial charge in [0.2, 0.25) is 0 Å². The summed E-state index contributed by atoms with van der Waals surface area (Å²) in [5.41, 5.74) is 0.713. The summed E-state index contributed by atoms with van der Waals surface area (Å²) in [6, 6.07) is 3.39. The molecule has 0 aliphatic heterocycles. The molecule has 0 aliphatic rings. The Hall–Kier alpha value is -1.18. The van der Waals surface area contributed by atoms with Crippen LogP contribution in [0.5, 0.6) is 0 Å². The Morgan fingerprint density at radius 1 is 1.23 bits per heavy atom. The van der Waals surface area contributed by atoms with Gasteiger partial charge in [0.25, 0.3) is 0 Å². The monoisotopic (exact) mass is 179 g/mol. The Labute approximate surface area is 80.0 Å². The van der Waals surface area contributed by atoms with E-state index >= 15 is 0 Å². The minimum Gasteiger partial charge on any atom is -0.295 e. The maximum Gasteiger partial charge on any atom is 0.159 e. The van der Waals surface area contributed by atoms with E-state index in [0.29, 0.717) is 5.56 Å². The van der Waals surface area contributed by atoms with E-state index in [1.165, 1.54) is 19.8 Å². The van der Waals surface area contributed by atoms with Crippen LogP contribution in [0.2, 0.25) is 0 Å². The molecule has 0 saturated heterocycles. The summed E-state index contributed by atoms with van der Waals surface area (Å²) in [6.45, 7) is 5.90. The zero-order chi connectivity index (χ0) is 10.1. The lowest BCUT2D eigenvalue weighted by molar-refractivity contribution is 0.101. The summed E-state index contributed by atoms with van der Waals surface area (Å²) in [5, 5.41) is 0. The maximum absolute atomic E-state index is 10.6. The standard InChI is InChI=1S/C7H7NO.C4H10/c1-6(9)7-2-4-8-5-3-7;1-3-4-2/h2-5H,1H3;3-4H2,1-2H3. The number of carbonyl (C=O) groups excluding carboxylic acids is 1. The van der Waals surface area contributed by atoms with Crippen molar-refractivity contribution in [1.29, 1.82) is 0 Å². The molecule has 0 aliphatic carbocycles. The van der Waals surface area contributed by atoms with Crippen LogP contribution in [0.4, 0.5) is 0 Å². The Morgan fingerprint density at radius 3 is 1.92 bits per heavy atom. The van der Waals surface area contributed by atoms with Gasteiger partial charge in [0, 0.05) is 18.0 Å². The molecular weight excluding hydrogens is 162 g/mol. The summed E-state index contributed by atoms with van der Waals surface area (Å²) >= 11 is 0. The van der Waals surface area contributed by atoms with E-state index in [4.69, 9.17) is 0 Å². The van der Waals surface area contributed by atoms with E-state index in [1.807, 2.05) is 0 Å². The molecule has 0 bridgehead atoms. The van der Waals surface area contributed by atoms with Gasteiger partial charge < -0.3 is 0 Å². The molecule has 0 radical (unpaired) electrons. The Bertz CT molecular complexity index is 229. The number of hydrogen-bond donors (Lipinski definition) is 0. The Kier molecular flexibility index (Phi) is 6.79. The van der Waals surface area contributed by atoms with Crippen molar-refractivity contribution in [3.05, 3.63) is 30.1 Å². The highest BCUT2D eigenvalue weighted by atomic mass is 16.1. The molecule has 0 aromatic carbocycles. The topological polar surface area (TPSA) is 30.0 Å². The first-order chi connectivity index (χ1) is 6.22. The molecule has 0 saturated carbocycles. The van der Waals surface area contributed by atoms with Crippen molar-refractivity contribution in [2.75, 3.05) is 0 Å². The number of unbranched alkanes of at least 4 members (excludes halogenated alkanes) is 1. The van der Waals surface area contributed by atoms with Crippen molar-refractivity contribution in [2.24, 2.45) is 0 Å². The molecule has 2 heteroatoms. The first kappa shape index (κ1) is 11.8. The number of pyridine rings is 1. The van der Waals surface area contributed by atoms with Gasteiger partial charge in [-0.2, -0.15) is 0 Å². The molecule has 2 nitrogen and oxygen atoms in total. The second kappa shape index (κ2) is 7.47. The number of ketones is 1. The van der Waals surface area contributed by atoms with Crippen molar-refractivity contribution < 1.29 is 4.79 Å². The van der Waals surface area contributed by atoms with Crippen LogP contribution in [0.1, 0.15) is 44.0 Å². The van der Waals surface area contributed by atoms with E-state index in [2.05, 4.69) is 18.8 Å².